The number of hydrogen-bond acceptors (Lipinski definition) is 5. The minimum Gasteiger partial charge on any atom is -0.399 e. The maximum absolute atomic E-state index is 13.1. The molecule has 1 amide bonds. The van der Waals surface area contributed by atoms with Crippen LogP contribution < -0.4 is 15.5 Å². The van der Waals surface area contributed by atoms with Gasteiger partial charge in [-0.15, -0.1) is 0 Å². The zero-order valence-electron chi connectivity index (χ0n) is 17.9. The molecule has 7 heteroatoms. The summed E-state index contributed by atoms with van der Waals surface area (Å²) in [6, 6.07) is 10.1. The summed E-state index contributed by atoms with van der Waals surface area (Å²) in [5, 5.41) is 0.889. The molecule has 3 heterocycles. The molecule has 0 atom stereocenters. The van der Waals surface area contributed by atoms with Gasteiger partial charge >= 0.3 is 0 Å². The fourth-order valence-electron chi connectivity index (χ4n) is 4.24. The van der Waals surface area contributed by atoms with E-state index in [2.05, 4.69) is 46.9 Å². The first-order chi connectivity index (χ1) is 14.5. The van der Waals surface area contributed by atoms with Crippen LogP contribution in [0.4, 0.5) is 17.2 Å². The van der Waals surface area contributed by atoms with Gasteiger partial charge in [-0.25, -0.2) is 4.98 Å². The van der Waals surface area contributed by atoms with E-state index in [0.717, 1.165) is 54.9 Å². The summed E-state index contributed by atoms with van der Waals surface area (Å²) < 4.78 is 0. The number of nitrogens with one attached hydrogen (secondary N) is 1. The number of likely N-dealkylation sites (tertiary alicyclic amines) is 1. The molecule has 1 aromatic carbocycles. The summed E-state index contributed by atoms with van der Waals surface area (Å²) in [6.07, 6.45) is 5.47. The van der Waals surface area contributed by atoms with Crippen LogP contribution in [0.3, 0.4) is 0 Å². The number of anilines is 3. The van der Waals surface area contributed by atoms with Gasteiger partial charge in [0.05, 0.1) is 11.3 Å². The summed E-state index contributed by atoms with van der Waals surface area (Å²) in [4.78, 5) is 27.4. The van der Waals surface area contributed by atoms with Gasteiger partial charge in [-0.05, 0) is 50.1 Å². The zero-order chi connectivity index (χ0) is 21.3. The summed E-state index contributed by atoms with van der Waals surface area (Å²) in [5.74, 6) is 1.07. The highest BCUT2D eigenvalue weighted by Crippen LogP contribution is 2.30. The molecule has 1 aliphatic heterocycles. The molecular formula is C23H30N6O. The molecule has 0 unspecified atom stereocenters. The average Bonchev–Trinajstić information content (AvgIpc) is 3.20. The van der Waals surface area contributed by atoms with E-state index in [1.54, 1.807) is 6.20 Å². The van der Waals surface area contributed by atoms with Crippen LogP contribution in [0.5, 0.6) is 0 Å². The number of carbonyl (C=O) groups is 1. The number of nitrogen functional groups attached to an aromatic ring is 1. The number of nitrogens with two attached hydrogens (primary N) is 1. The molecule has 0 bridgehead atoms. The molecule has 2 aromatic heterocycles. The van der Waals surface area contributed by atoms with E-state index in [0.29, 0.717) is 17.3 Å². The molecule has 0 saturated carbocycles. The van der Waals surface area contributed by atoms with Crippen LogP contribution in [0.15, 0.2) is 42.7 Å². The quantitative estimate of drug-likeness (QED) is 0.635. The molecule has 1 fully saturated rings. The van der Waals surface area contributed by atoms with Gasteiger partial charge in [-0.2, -0.15) is 0 Å². The van der Waals surface area contributed by atoms with Gasteiger partial charge in [0.1, 0.15) is 0 Å². The minimum atomic E-state index is 0.0668. The molecule has 3 N–H and O–H groups in total. The third-order valence-electron chi connectivity index (χ3n) is 6.22. The summed E-state index contributed by atoms with van der Waals surface area (Å²) in [6.45, 7) is 4.52. The zero-order valence-corrected chi connectivity index (χ0v) is 17.9. The highest BCUT2D eigenvalue weighted by molar-refractivity contribution is 6.07. The Labute approximate surface area is 177 Å². The van der Waals surface area contributed by atoms with Gasteiger partial charge in [-0.3, -0.25) is 4.79 Å². The van der Waals surface area contributed by atoms with Gasteiger partial charge in [0.15, 0.2) is 5.82 Å². The van der Waals surface area contributed by atoms with Crippen LogP contribution in [0.2, 0.25) is 0 Å². The Morgan fingerprint density at radius 3 is 2.77 bits per heavy atom. The number of rotatable bonds is 5. The van der Waals surface area contributed by atoms with Crippen LogP contribution >= 0.6 is 0 Å². The van der Waals surface area contributed by atoms with Crippen molar-refractivity contribution in [3.05, 3.63) is 48.3 Å². The summed E-state index contributed by atoms with van der Waals surface area (Å²) >= 11 is 0. The molecule has 0 spiro atoms. The maximum Gasteiger partial charge on any atom is 0.256 e. The number of carbonyl (C=O) groups excluding carboxylic acids is 1. The predicted octanol–water partition coefficient (Wildman–Crippen LogP) is 3.34. The van der Waals surface area contributed by atoms with Crippen molar-refractivity contribution in [2.24, 2.45) is 0 Å². The van der Waals surface area contributed by atoms with Gasteiger partial charge in [0, 0.05) is 68.8 Å². The molecule has 0 aliphatic carbocycles. The monoisotopic (exact) mass is 406 g/mol. The number of pyridine rings is 1. The Hall–Kier alpha value is -3.22. The second-order valence-electron chi connectivity index (χ2n) is 8.00. The Kier molecular flexibility index (Phi) is 5.53. The molecule has 1 saturated heterocycles. The number of amides is 1. The van der Waals surface area contributed by atoms with E-state index < -0.39 is 0 Å². The normalized spacial score (nSPS) is 14.8. The number of H-pyrrole nitrogens is 1. The lowest BCUT2D eigenvalue weighted by Gasteiger charge is -2.38. The van der Waals surface area contributed by atoms with Crippen LogP contribution in [0, 0.1) is 0 Å². The Bertz CT molecular complexity index is 1040. The first-order valence-corrected chi connectivity index (χ1v) is 10.5. The summed E-state index contributed by atoms with van der Waals surface area (Å²) in [7, 11) is 4.20. The van der Waals surface area contributed by atoms with Crippen LogP contribution in [-0.2, 0) is 0 Å². The molecule has 30 heavy (non-hydrogen) atoms. The largest absolute Gasteiger partial charge is 0.399 e. The lowest BCUT2D eigenvalue weighted by atomic mass is 10.0. The fourth-order valence-corrected chi connectivity index (χ4v) is 4.24. The standard InChI is InChI=1S/C23H30N6O/c1-4-27(2)21-6-5-11-25-22(21)28(3)17-9-12-29(13-10-17)23(30)19-15-26-20-8-7-16(24)14-18(19)20/h5-8,11,14-15,17,26H,4,9-10,12-13,24H2,1-3H3. The van der Waals surface area contributed by atoms with Gasteiger partial charge in [-0.1, -0.05) is 0 Å². The van der Waals surface area contributed by atoms with Crippen molar-refractivity contribution in [3.8, 4) is 0 Å². The Morgan fingerprint density at radius 2 is 2.03 bits per heavy atom. The molecule has 1 aliphatic rings. The Balaban J connectivity index is 1.46. The van der Waals surface area contributed by atoms with E-state index in [1.807, 2.05) is 35.4 Å². The van der Waals surface area contributed by atoms with Crippen molar-refractivity contribution in [2.45, 2.75) is 25.8 Å². The third-order valence-corrected chi connectivity index (χ3v) is 6.22. The number of piperidine rings is 1. The predicted molar refractivity (Wildman–Crippen MR) is 123 cm³/mol. The lowest BCUT2D eigenvalue weighted by molar-refractivity contribution is 0.0715. The van der Waals surface area contributed by atoms with Gasteiger partial charge < -0.3 is 25.4 Å². The van der Waals surface area contributed by atoms with Gasteiger partial charge in [0.25, 0.3) is 5.91 Å². The van der Waals surface area contributed by atoms with Crippen LogP contribution in [-0.4, -0.2) is 60.5 Å². The number of fused-ring (bicyclic) bond motifs is 1. The highest BCUT2D eigenvalue weighted by atomic mass is 16.2. The number of aromatic amines is 1. The number of benzene rings is 1. The molecular weight excluding hydrogens is 376 g/mol. The van der Waals surface area contributed by atoms with E-state index in [4.69, 9.17) is 5.73 Å². The highest BCUT2D eigenvalue weighted by Gasteiger charge is 2.28. The topological polar surface area (TPSA) is 81.5 Å². The molecule has 158 valence electrons. The number of nitrogens with zero attached hydrogens (tertiary/aromatic N) is 4. The van der Waals surface area contributed by atoms with Gasteiger partial charge in [0.2, 0.25) is 0 Å². The second-order valence-corrected chi connectivity index (χ2v) is 8.00. The van der Waals surface area contributed by atoms with Crippen molar-refractivity contribution in [2.75, 3.05) is 49.3 Å². The number of aromatic nitrogens is 2. The Morgan fingerprint density at radius 1 is 1.27 bits per heavy atom. The second kappa shape index (κ2) is 8.26. The maximum atomic E-state index is 13.1. The smallest absolute Gasteiger partial charge is 0.256 e. The van der Waals surface area contributed by atoms with Crippen LogP contribution in [0.1, 0.15) is 30.1 Å². The van der Waals surface area contributed by atoms with E-state index in [9.17, 15) is 4.79 Å². The van der Waals surface area contributed by atoms with Crippen LogP contribution in [0.25, 0.3) is 10.9 Å². The molecule has 7 nitrogen and oxygen atoms in total. The first kappa shape index (κ1) is 20.1. The molecule has 0 radical (unpaired) electrons. The summed E-state index contributed by atoms with van der Waals surface area (Å²) in [5.41, 5.74) is 9.36. The molecule has 3 aromatic rings. The third kappa shape index (κ3) is 3.67. The fraction of sp³-hybridized carbons (Fsp3) is 0.391. The van der Waals surface area contributed by atoms with E-state index >= 15 is 0 Å². The van der Waals surface area contributed by atoms with E-state index in [-0.39, 0.29) is 5.91 Å². The van der Waals surface area contributed by atoms with Crippen molar-refractivity contribution in [1.82, 2.24) is 14.9 Å². The lowest BCUT2D eigenvalue weighted by Crippen LogP contribution is -2.46. The van der Waals surface area contributed by atoms with Crippen molar-refractivity contribution in [3.63, 3.8) is 0 Å². The van der Waals surface area contributed by atoms with Crippen molar-refractivity contribution in [1.29, 1.82) is 0 Å². The first-order valence-electron chi connectivity index (χ1n) is 10.5. The SMILES string of the molecule is CCN(C)c1cccnc1N(C)C1CCN(C(=O)c2c[nH]c3ccc(N)cc23)CC1. The average molecular weight is 407 g/mol. The minimum absolute atomic E-state index is 0.0668. The molecule has 4 rings (SSSR count). The van der Waals surface area contributed by atoms with Crippen molar-refractivity contribution >= 4 is 34.0 Å². The number of hydrogen-bond donors (Lipinski definition) is 2. The van der Waals surface area contributed by atoms with Crippen molar-refractivity contribution < 1.29 is 4.79 Å². The van der Waals surface area contributed by atoms with E-state index in [1.165, 1.54) is 0 Å².